The minimum absolute atomic E-state index is 0.0914. The van der Waals surface area contributed by atoms with Crippen LogP contribution in [0.1, 0.15) is 13.3 Å². The highest BCUT2D eigenvalue weighted by molar-refractivity contribution is 8.00. The van der Waals surface area contributed by atoms with Crippen molar-refractivity contribution in [2.24, 2.45) is 0 Å². The summed E-state index contributed by atoms with van der Waals surface area (Å²) in [5.41, 5.74) is 0.764. The summed E-state index contributed by atoms with van der Waals surface area (Å²) in [7, 11) is 0. The molecule has 7 heteroatoms. The van der Waals surface area contributed by atoms with E-state index in [2.05, 4.69) is 22.1 Å². The fraction of sp³-hybridized carbons (Fsp3) is 0.211. The highest BCUT2D eigenvalue weighted by Crippen LogP contribution is 2.29. The number of hydrogen-bond acceptors (Lipinski definition) is 5. The number of carbonyl (C=O) groups excluding carboxylic acids is 1. The van der Waals surface area contributed by atoms with E-state index in [1.807, 2.05) is 54.0 Å². The van der Waals surface area contributed by atoms with Gasteiger partial charge in [-0.3, -0.25) is 9.36 Å². The number of nitrogens with zero attached hydrogens (tertiary/aromatic N) is 3. The Morgan fingerprint density at radius 2 is 2.12 bits per heavy atom. The Morgan fingerprint density at radius 3 is 2.77 bits per heavy atom. The monoisotopic (exact) mass is 368 g/mol. The summed E-state index contributed by atoms with van der Waals surface area (Å²) in [5.74, 6) is 1.22. The normalized spacial score (nSPS) is 11.9. The molecule has 3 aromatic rings. The summed E-state index contributed by atoms with van der Waals surface area (Å²) in [6.45, 7) is 6.45. The Bertz CT molecular complexity index is 859. The minimum Gasteiger partial charge on any atom is -0.461 e. The van der Waals surface area contributed by atoms with Crippen LogP contribution in [-0.4, -0.2) is 25.9 Å². The number of allylic oxidation sites excluding steroid dienone is 1. The molecule has 0 fully saturated rings. The molecule has 6 nitrogen and oxygen atoms in total. The fourth-order valence-corrected chi connectivity index (χ4v) is 3.56. The highest BCUT2D eigenvalue weighted by Gasteiger charge is 2.23. The average molecular weight is 368 g/mol. The molecule has 0 spiro atoms. The number of carbonyl (C=O) groups is 1. The molecule has 0 radical (unpaired) electrons. The van der Waals surface area contributed by atoms with E-state index in [0.29, 0.717) is 29.7 Å². The maximum atomic E-state index is 12.7. The van der Waals surface area contributed by atoms with Crippen molar-refractivity contribution in [1.82, 2.24) is 14.8 Å². The van der Waals surface area contributed by atoms with E-state index in [1.165, 1.54) is 11.8 Å². The molecular formula is C19H20N4O2S. The largest absolute Gasteiger partial charge is 0.461 e. The summed E-state index contributed by atoms with van der Waals surface area (Å²) in [5, 5.41) is 11.7. The van der Waals surface area contributed by atoms with Crippen molar-refractivity contribution < 1.29 is 9.21 Å². The second kappa shape index (κ2) is 8.53. The summed E-state index contributed by atoms with van der Waals surface area (Å²) in [6, 6.07) is 13.0. The molecule has 3 rings (SSSR count). The molecule has 1 aromatic carbocycles. The predicted molar refractivity (Wildman–Crippen MR) is 103 cm³/mol. The number of aromatic nitrogens is 3. The van der Waals surface area contributed by atoms with E-state index in [-0.39, 0.29) is 11.2 Å². The topological polar surface area (TPSA) is 73.0 Å². The molecule has 0 aliphatic carbocycles. The van der Waals surface area contributed by atoms with Crippen LogP contribution in [0.5, 0.6) is 0 Å². The maximum Gasteiger partial charge on any atom is 0.238 e. The van der Waals surface area contributed by atoms with Crippen molar-refractivity contribution in [2.45, 2.75) is 30.3 Å². The Labute approximate surface area is 156 Å². The first-order chi connectivity index (χ1) is 12.7. The zero-order valence-electron chi connectivity index (χ0n) is 14.5. The van der Waals surface area contributed by atoms with E-state index in [1.54, 1.807) is 12.3 Å². The first-order valence-electron chi connectivity index (χ1n) is 8.33. The van der Waals surface area contributed by atoms with Gasteiger partial charge in [0.2, 0.25) is 5.91 Å². The van der Waals surface area contributed by atoms with Gasteiger partial charge in [-0.15, -0.1) is 16.8 Å². The molecule has 0 aliphatic rings. The van der Waals surface area contributed by atoms with Gasteiger partial charge in [0, 0.05) is 12.2 Å². The first-order valence-corrected chi connectivity index (χ1v) is 9.21. The summed E-state index contributed by atoms with van der Waals surface area (Å²) < 4.78 is 7.37. The van der Waals surface area contributed by atoms with Crippen LogP contribution in [-0.2, 0) is 11.3 Å². The molecule has 0 saturated carbocycles. The van der Waals surface area contributed by atoms with Crippen molar-refractivity contribution in [2.75, 3.05) is 5.32 Å². The lowest BCUT2D eigenvalue weighted by Crippen LogP contribution is -2.25. The van der Waals surface area contributed by atoms with Gasteiger partial charge in [0.1, 0.15) is 0 Å². The summed E-state index contributed by atoms with van der Waals surface area (Å²) in [6.07, 6.45) is 3.86. The molecule has 0 bridgehead atoms. The van der Waals surface area contributed by atoms with Gasteiger partial charge in [-0.1, -0.05) is 36.0 Å². The number of hydrogen-bond donors (Lipinski definition) is 1. The van der Waals surface area contributed by atoms with Crippen molar-refractivity contribution in [3.8, 4) is 11.6 Å². The van der Waals surface area contributed by atoms with Gasteiger partial charge >= 0.3 is 0 Å². The Kier molecular flexibility index (Phi) is 5.91. The van der Waals surface area contributed by atoms with Crippen molar-refractivity contribution in [1.29, 1.82) is 0 Å². The van der Waals surface area contributed by atoms with Crippen LogP contribution in [0.4, 0.5) is 5.69 Å². The first kappa shape index (κ1) is 18.0. The smallest absolute Gasteiger partial charge is 0.238 e. The minimum atomic E-state index is -0.355. The van der Waals surface area contributed by atoms with Crippen LogP contribution < -0.4 is 5.32 Å². The highest BCUT2D eigenvalue weighted by atomic mass is 32.2. The number of rotatable bonds is 8. The third-order valence-corrected chi connectivity index (χ3v) is 4.94. The molecule has 1 atom stereocenters. The van der Waals surface area contributed by atoms with Crippen LogP contribution in [0.15, 0.2) is 71.0 Å². The van der Waals surface area contributed by atoms with Gasteiger partial charge < -0.3 is 9.73 Å². The van der Waals surface area contributed by atoms with E-state index in [9.17, 15) is 4.79 Å². The lowest BCUT2D eigenvalue weighted by Gasteiger charge is -2.15. The third kappa shape index (κ3) is 4.05. The Balaban J connectivity index is 1.80. The van der Waals surface area contributed by atoms with Crippen LogP contribution in [0, 0.1) is 0 Å². The van der Waals surface area contributed by atoms with E-state index < -0.39 is 0 Å². The second-order valence-electron chi connectivity index (χ2n) is 5.51. The van der Waals surface area contributed by atoms with Crippen molar-refractivity contribution >= 4 is 23.4 Å². The summed E-state index contributed by atoms with van der Waals surface area (Å²) >= 11 is 1.37. The number of nitrogens with one attached hydrogen (secondary N) is 1. The lowest BCUT2D eigenvalue weighted by atomic mass is 10.2. The molecule has 2 heterocycles. The lowest BCUT2D eigenvalue weighted by molar-refractivity contribution is -0.115. The third-order valence-electron chi connectivity index (χ3n) is 3.74. The number of amides is 1. The molecule has 26 heavy (non-hydrogen) atoms. The molecule has 1 N–H and O–H groups in total. The van der Waals surface area contributed by atoms with E-state index >= 15 is 0 Å². The van der Waals surface area contributed by atoms with Crippen LogP contribution in [0.25, 0.3) is 11.6 Å². The molecule has 1 amide bonds. The number of benzene rings is 1. The second-order valence-corrected chi connectivity index (χ2v) is 6.68. The van der Waals surface area contributed by atoms with Crippen LogP contribution in [0.3, 0.4) is 0 Å². The van der Waals surface area contributed by atoms with Gasteiger partial charge in [0.15, 0.2) is 16.7 Å². The number of furan rings is 1. The number of anilines is 1. The molecule has 0 saturated heterocycles. The van der Waals surface area contributed by atoms with Crippen LogP contribution in [0.2, 0.25) is 0 Å². The molecule has 0 aliphatic heterocycles. The van der Waals surface area contributed by atoms with Crippen molar-refractivity contribution in [3.05, 3.63) is 61.4 Å². The Hall–Kier alpha value is -2.80. The molecule has 134 valence electrons. The van der Waals surface area contributed by atoms with E-state index in [4.69, 9.17) is 4.42 Å². The quantitative estimate of drug-likeness (QED) is 0.476. The van der Waals surface area contributed by atoms with Gasteiger partial charge in [0.05, 0.1) is 11.5 Å². The van der Waals surface area contributed by atoms with Crippen molar-refractivity contribution in [3.63, 3.8) is 0 Å². The van der Waals surface area contributed by atoms with Gasteiger partial charge in [0.25, 0.3) is 0 Å². The van der Waals surface area contributed by atoms with Gasteiger partial charge in [-0.05, 0) is 37.6 Å². The maximum absolute atomic E-state index is 12.7. The zero-order valence-corrected chi connectivity index (χ0v) is 15.3. The zero-order chi connectivity index (χ0) is 18.4. The number of thioether (sulfide) groups is 1. The van der Waals surface area contributed by atoms with Crippen LogP contribution >= 0.6 is 11.8 Å². The average Bonchev–Trinajstić information content (AvgIpc) is 3.31. The SMILES string of the molecule is C=CCC(Sc1nnc(-c2ccco2)n1CC)C(=O)Nc1ccccc1. The van der Waals surface area contributed by atoms with Gasteiger partial charge in [-0.25, -0.2) is 0 Å². The van der Waals surface area contributed by atoms with Gasteiger partial charge in [-0.2, -0.15) is 0 Å². The predicted octanol–water partition coefficient (Wildman–Crippen LogP) is 4.23. The fourth-order valence-electron chi connectivity index (χ4n) is 2.48. The molecule has 2 aromatic heterocycles. The standard InChI is InChI=1S/C19H20N4O2S/c1-3-9-16(18(24)20-14-10-6-5-7-11-14)26-19-22-21-17(23(19)4-2)15-12-8-13-25-15/h3,5-8,10-13,16H,1,4,9H2,2H3,(H,20,24). The Morgan fingerprint density at radius 1 is 1.31 bits per heavy atom. The van der Waals surface area contributed by atoms with E-state index in [0.717, 1.165) is 5.69 Å². The molecular weight excluding hydrogens is 348 g/mol. The number of para-hydroxylation sites is 1. The molecule has 1 unspecified atom stereocenters. The summed E-state index contributed by atoms with van der Waals surface area (Å²) in [4.78, 5) is 12.7.